The highest BCUT2D eigenvalue weighted by molar-refractivity contribution is 5.98. The van der Waals surface area contributed by atoms with E-state index in [1.807, 2.05) is 12.1 Å². The Bertz CT molecular complexity index is 1040. The lowest BCUT2D eigenvalue weighted by atomic mass is 9.82. The summed E-state index contributed by atoms with van der Waals surface area (Å²) < 4.78 is 11.5. The van der Waals surface area contributed by atoms with Crippen LogP contribution in [0.1, 0.15) is 81.7 Å². The molecule has 7 nitrogen and oxygen atoms in total. The average molecular weight is 482 g/mol. The second-order valence-electron chi connectivity index (χ2n) is 10.4. The Labute approximate surface area is 208 Å². The molecule has 190 valence electrons. The molecule has 2 aromatic rings. The van der Waals surface area contributed by atoms with E-state index in [1.54, 1.807) is 17.0 Å². The van der Waals surface area contributed by atoms with Gasteiger partial charge in [-0.2, -0.15) is 0 Å². The molecule has 1 unspecified atom stereocenters. The predicted molar refractivity (Wildman–Crippen MR) is 137 cm³/mol. The van der Waals surface area contributed by atoms with Crippen LogP contribution in [0.25, 0.3) is 0 Å². The molecule has 1 N–H and O–H groups in total. The first-order chi connectivity index (χ1) is 16.8. The fraction of sp³-hybridized carbons (Fsp3) is 0.571. The summed E-state index contributed by atoms with van der Waals surface area (Å²) in [6.07, 6.45) is 5.73. The van der Waals surface area contributed by atoms with Gasteiger partial charge < -0.3 is 19.4 Å². The van der Waals surface area contributed by atoms with E-state index in [-0.39, 0.29) is 36.1 Å². The van der Waals surface area contributed by atoms with Crippen molar-refractivity contribution in [2.24, 2.45) is 0 Å². The summed E-state index contributed by atoms with van der Waals surface area (Å²) in [5.74, 6) is 1.18. The molecule has 0 saturated carbocycles. The van der Waals surface area contributed by atoms with Gasteiger partial charge in [0, 0.05) is 19.1 Å². The molecule has 1 saturated heterocycles. The summed E-state index contributed by atoms with van der Waals surface area (Å²) in [4.78, 5) is 29.5. The van der Waals surface area contributed by atoms with Crippen LogP contribution in [0, 0.1) is 0 Å². The predicted octanol–water partition coefficient (Wildman–Crippen LogP) is 4.89. The SMILES string of the molecule is CCC(C)(C)c1ccc2c(c1)N(Cc1ccc(C(=O)NCCCN3CCCCC3C)o1)C(=O)CO2. The standard InChI is InChI=1S/C28H39N3O4/c1-5-28(3,4)21-10-12-24-23(17-21)31(26(32)19-34-24)18-22-11-13-25(35-22)27(33)29-14-8-16-30-15-7-6-9-20(30)2/h10-13,17,20H,5-9,14-16,18-19H2,1-4H3,(H,29,33). The van der Waals surface area contributed by atoms with Crippen LogP contribution in [0.5, 0.6) is 5.75 Å². The van der Waals surface area contributed by atoms with Crippen molar-refractivity contribution in [3.63, 3.8) is 0 Å². The van der Waals surface area contributed by atoms with Gasteiger partial charge in [0.1, 0.15) is 11.5 Å². The van der Waals surface area contributed by atoms with E-state index in [1.165, 1.54) is 19.3 Å². The van der Waals surface area contributed by atoms with Crippen LogP contribution in [0.2, 0.25) is 0 Å². The number of likely N-dealkylation sites (tertiary alicyclic amines) is 1. The summed E-state index contributed by atoms with van der Waals surface area (Å²) in [6, 6.07) is 10.1. The average Bonchev–Trinajstić information content (AvgIpc) is 3.33. The molecule has 1 aromatic carbocycles. The molecule has 1 atom stereocenters. The van der Waals surface area contributed by atoms with Gasteiger partial charge in [-0.1, -0.05) is 33.3 Å². The molecular formula is C28H39N3O4. The van der Waals surface area contributed by atoms with Crippen LogP contribution in [-0.4, -0.2) is 49.0 Å². The van der Waals surface area contributed by atoms with Gasteiger partial charge in [-0.15, -0.1) is 0 Å². The Morgan fingerprint density at radius 1 is 1.20 bits per heavy atom. The van der Waals surface area contributed by atoms with Crippen molar-refractivity contribution in [2.45, 2.75) is 77.8 Å². The topological polar surface area (TPSA) is 75.0 Å². The maximum absolute atomic E-state index is 12.7. The number of nitrogens with zero attached hydrogens (tertiary/aromatic N) is 2. The molecule has 1 fully saturated rings. The molecule has 4 rings (SSSR count). The van der Waals surface area contributed by atoms with E-state index in [2.05, 4.69) is 44.0 Å². The van der Waals surface area contributed by atoms with Gasteiger partial charge in [-0.25, -0.2) is 0 Å². The highest BCUT2D eigenvalue weighted by atomic mass is 16.5. The normalized spacial score (nSPS) is 18.8. The first kappa shape index (κ1) is 25.3. The number of carbonyl (C=O) groups is 2. The number of amides is 2. The summed E-state index contributed by atoms with van der Waals surface area (Å²) in [6.45, 7) is 11.8. The number of nitrogens with one attached hydrogen (secondary N) is 1. The van der Waals surface area contributed by atoms with E-state index < -0.39 is 0 Å². The number of rotatable bonds is 9. The van der Waals surface area contributed by atoms with Crippen molar-refractivity contribution in [2.75, 3.05) is 31.1 Å². The molecular weight excluding hydrogens is 442 g/mol. The Hall–Kier alpha value is -2.80. The van der Waals surface area contributed by atoms with Gasteiger partial charge in [0.05, 0.1) is 12.2 Å². The van der Waals surface area contributed by atoms with Gasteiger partial charge in [-0.3, -0.25) is 14.5 Å². The number of piperidine rings is 1. The third kappa shape index (κ3) is 5.89. The van der Waals surface area contributed by atoms with Crippen molar-refractivity contribution in [3.8, 4) is 5.75 Å². The van der Waals surface area contributed by atoms with Gasteiger partial charge in [0.15, 0.2) is 12.4 Å². The molecule has 0 bridgehead atoms. The van der Waals surface area contributed by atoms with Crippen LogP contribution >= 0.6 is 0 Å². The number of carbonyl (C=O) groups excluding carboxylic acids is 2. The van der Waals surface area contributed by atoms with Crippen LogP contribution < -0.4 is 15.0 Å². The molecule has 0 radical (unpaired) electrons. The number of furan rings is 1. The minimum atomic E-state index is -0.219. The first-order valence-corrected chi connectivity index (χ1v) is 13.0. The molecule has 0 aliphatic carbocycles. The maximum Gasteiger partial charge on any atom is 0.286 e. The molecule has 3 heterocycles. The highest BCUT2D eigenvalue weighted by Gasteiger charge is 2.29. The van der Waals surface area contributed by atoms with Crippen molar-refractivity contribution in [1.82, 2.24) is 10.2 Å². The van der Waals surface area contributed by atoms with E-state index in [9.17, 15) is 9.59 Å². The molecule has 0 spiro atoms. The van der Waals surface area contributed by atoms with Crippen LogP contribution in [0.3, 0.4) is 0 Å². The molecule has 35 heavy (non-hydrogen) atoms. The van der Waals surface area contributed by atoms with E-state index in [0.717, 1.165) is 37.2 Å². The van der Waals surface area contributed by atoms with Crippen LogP contribution in [-0.2, 0) is 16.8 Å². The quantitative estimate of drug-likeness (QED) is 0.516. The van der Waals surface area contributed by atoms with E-state index in [0.29, 0.717) is 24.1 Å². The van der Waals surface area contributed by atoms with E-state index in [4.69, 9.17) is 9.15 Å². The van der Waals surface area contributed by atoms with Gasteiger partial charge in [-0.05, 0) is 74.4 Å². The van der Waals surface area contributed by atoms with Crippen molar-refractivity contribution < 1.29 is 18.7 Å². The Morgan fingerprint density at radius 2 is 2.03 bits per heavy atom. The van der Waals surface area contributed by atoms with E-state index >= 15 is 0 Å². The van der Waals surface area contributed by atoms with Gasteiger partial charge in [0.2, 0.25) is 0 Å². The molecule has 1 aromatic heterocycles. The summed E-state index contributed by atoms with van der Waals surface area (Å²) >= 11 is 0. The minimum Gasteiger partial charge on any atom is -0.482 e. The zero-order valence-corrected chi connectivity index (χ0v) is 21.6. The second kappa shape index (κ2) is 10.9. The summed E-state index contributed by atoms with van der Waals surface area (Å²) in [7, 11) is 0. The Kier molecular flexibility index (Phi) is 7.85. The fourth-order valence-corrected chi connectivity index (χ4v) is 4.80. The number of hydrogen-bond acceptors (Lipinski definition) is 5. The number of hydrogen-bond donors (Lipinski definition) is 1. The first-order valence-electron chi connectivity index (χ1n) is 13.0. The third-order valence-electron chi connectivity index (χ3n) is 7.61. The van der Waals surface area contributed by atoms with Gasteiger partial charge in [0.25, 0.3) is 11.8 Å². The van der Waals surface area contributed by atoms with Crippen LogP contribution in [0.4, 0.5) is 5.69 Å². The molecule has 2 aliphatic rings. The Balaban J connectivity index is 1.36. The van der Waals surface area contributed by atoms with Crippen molar-refractivity contribution in [3.05, 3.63) is 47.4 Å². The third-order valence-corrected chi connectivity index (χ3v) is 7.61. The summed E-state index contributed by atoms with van der Waals surface area (Å²) in [5.41, 5.74) is 1.89. The number of fused-ring (bicyclic) bond motifs is 1. The number of benzene rings is 1. The fourth-order valence-electron chi connectivity index (χ4n) is 4.80. The largest absolute Gasteiger partial charge is 0.482 e. The molecule has 2 aliphatic heterocycles. The zero-order valence-electron chi connectivity index (χ0n) is 21.6. The molecule has 7 heteroatoms. The lowest BCUT2D eigenvalue weighted by Crippen LogP contribution is -2.39. The van der Waals surface area contributed by atoms with Crippen molar-refractivity contribution >= 4 is 17.5 Å². The summed E-state index contributed by atoms with van der Waals surface area (Å²) in [5, 5.41) is 2.97. The number of anilines is 1. The maximum atomic E-state index is 12.7. The second-order valence-corrected chi connectivity index (χ2v) is 10.4. The number of ether oxygens (including phenoxy) is 1. The lowest BCUT2D eigenvalue weighted by Gasteiger charge is -2.33. The zero-order chi connectivity index (χ0) is 25.0. The van der Waals surface area contributed by atoms with Crippen LogP contribution in [0.15, 0.2) is 34.7 Å². The van der Waals surface area contributed by atoms with Crippen molar-refractivity contribution in [1.29, 1.82) is 0 Å². The Morgan fingerprint density at radius 3 is 2.80 bits per heavy atom. The lowest BCUT2D eigenvalue weighted by molar-refractivity contribution is -0.121. The van der Waals surface area contributed by atoms with Gasteiger partial charge >= 0.3 is 0 Å². The minimum absolute atomic E-state index is 0.00674. The molecule has 2 amide bonds. The smallest absolute Gasteiger partial charge is 0.286 e. The highest BCUT2D eigenvalue weighted by Crippen LogP contribution is 2.38. The monoisotopic (exact) mass is 481 g/mol.